The number of nitrogens with one attached hydrogen (secondary N) is 1. The number of thiophene rings is 1. The fourth-order valence-corrected chi connectivity index (χ4v) is 9.63. The molecule has 15 heteroatoms. The standard InChI is InChI=1S/C48H45ClFN7O5S/c1-29-36-13-10-32(43(29)49)26-57(22-21-56-19-17-51-18-20-56)25-30-7-14-38(61-27-35-15-16-52-45(55-35)37-5-3-4-6-39(37)60-2)33(23-30)24-40(48(58)59)62-46-42-41(36)44(63-47(42)54-28-53-46)31-8-11-34(50)12-9-31/h3-16,23,28,40,51H,17-22,24-27H2,1-2H3,(H,58,59). The van der Waals surface area contributed by atoms with E-state index in [2.05, 4.69) is 42.2 Å². The summed E-state index contributed by atoms with van der Waals surface area (Å²) in [5, 5.41) is 15.5. The van der Waals surface area contributed by atoms with Crippen molar-refractivity contribution in [2.24, 2.45) is 0 Å². The van der Waals surface area contributed by atoms with Crippen LogP contribution in [-0.2, 0) is 30.9 Å². The number of halogens is 2. The lowest BCUT2D eigenvalue weighted by Crippen LogP contribution is -2.46. The van der Waals surface area contributed by atoms with E-state index in [0.717, 1.165) is 83.1 Å². The van der Waals surface area contributed by atoms with Gasteiger partial charge in [-0.3, -0.25) is 9.80 Å². The summed E-state index contributed by atoms with van der Waals surface area (Å²) in [6.07, 6.45) is 1.64. The Kier molecular flexibility index (Phi) is 12.6. The number of ether oxygens (including phenoxy) is 3. The average molecular weight is 886 g/mol. The van der Waals surface area contributed by atoms with Crippen LogP contribution in [0, 0.1) is 12.7 Å². The molecule has 3 aliphatic heterocycles. The van der Waals surface area contributed by atoms with Gasteiger partial charge in [-0.25, -0.2) is 29.1 Å². The van der Waals surface area contributed by atoms with Gasteiger partial charge in [0.2, 0.25) is 12.0 Å². The van der Waals surface area contributed by atoms with Crippen LogP contribution in [0.25, 0.3) is 43.2 Å². The second-order valence-corrected chi connectivity index (χ2v) is 17.0. The SMILES string of the molecule is COc1ccccc1-c1nccc(COc2ccc3cc2CC(C(=O)O)Oc2ncnc4sc(-c5ccc(F)cc5)c(c24)-c2ccc(c(Cl)c2C)CN(CCN2CCNCC2)C3)n1. The van der Waals surface area contributed by atoms with Gasteiger partial charge >= 0.3 is 5.97 Å². The monoisotopic (exact) mass is 885 g/mol. The first-order chi connectivity index (χ1) is 30.7. The van der Waals surface area contributed by atoms with Gasteiger partial charge in [0.1, 0.15) is 35.1 Å². The number of rotatable bonds is 10. The van der Waals surface area contributed by atoms with Crippen LogP contribution in [0.3, 0.4) is 0 Å². The van der Waals surface area contributed by atoms with Crippen LogP contribution < -0.4 is 19.5 Å². The fourth-order valence-electron chi connectivity index (χ4n) is 8.26. The Morgan fingerprint density at radius 2 is 1.75 bits per heavy atom. The molecule has 1 atom stereocenters. The summed E-state index contributed by atoms with van der Waals surface area (Å²) in [7, 11) is 1.61. The second kappa shape index (κ2) is 18.8. The number of fused-ring (bicyclic) bond motifs is 6. The average Bonchev–Trinajstić information content (AvgIpc) is 3.69. The third kappa shape index (κ3) is 9.22. The van der Waals surface area contributed by atoms with E-state index in [1.807, 2.05) is 49.4 Å². The molecule has 3 aliphatic rings. The topological polar surface area (TPSA) is 135 Å². The number of carbonyl (C=O) groups is 1. The molecule has 63 heavy (non-hydrogen) atoms. The van der Waals surface area contributed by atoms with Crippen LogP contribution in [0.2, 0.25) is 5.02 Å². The summed E-state index contributed by atoms with van der Waals surface area (Å²) in [6, 6.07) is 25.7. The van der Waals surface area contributed by atoms with Crippen molar-refractivity contribution in [3.05, 3.63) is 136 Å². The zero-order valence-corrected chi connectivity index (χ0v) is 36.4. The highest BCUT2D eigenvalue weighted by Crippen LogP contribution is 2.49. The second-order valence-electron chi connectivity index (χ2n) is 15.6. The van der Waals surface area contributed by atoms with Gasteiger partial charge < -0.3 is 24.6 Å². The van der Waals surface area contributed by atoms with Crippen LogP contribution in [0.15, 0.2) is 97.5 Å². The van der Waals surface area contributed by atoms with Crippen molar-refractivity contribution in [1.82, 2.24) is 35.1 Å². The maximum Gasteiger partial charge on any atom is 0.345 e. The number of aromatic nitrogens is 4. The van der Waals surface area contributed by atoms with Crippen LogP contribution >= 0.6 is 22.9 Å². The number of para-hydroxylation sites is 1. The Bertz CT molecular complexity index is 2780. The van der Waals surface area contributed by atoms with Crippen LogP contribution in [0.4, 0.5) is 4.39 Å². The number of hydrogen-bond donors (Lipinski definition) is 2. The van der Waals surface area contributed by atoms with Gasteiger partial charge in [-0.2, -0.15) is 0 Å². The molecule has 4 bridgehead atoms. The van der Waals surface area contributed by atoms with Crippen molar-refractivity contribution >= 4 is 39.1 Å². The number of benzene rings is 4. The summed E-state index contributed by atoms with van der Waals surface area (Å²) in [5.41, 5.74) is 7.14. The molecular weight excluding hydrogens is 841 g/mol. The lowest BCUT2D eigenvalue weighted by molar-refractivity contribution is -0.145. The Balaban J connectivity index is 1.14. The molecule has 1 fully saturated rings. The largest absolute Gasteiger partial charge is 0.496 e. The molecule has 10 rings (SSSR count). The highest BCUT2D eigenvalue weighted by atomic mass is 35.5. The molecule has 322 valence electrons. The first-order valence-corrected chi connectivity index (χ1v) is 22.0. The minimum Gasteiger partial charge on any atom is -0.496 e. The quantitative estimate of drug-likeness (QED) is 0.137. The third-order valence-electron chi connectivity index (χ3n) is 11.5. The Labute approximate surface area is 373 Å². The minimum atomic E-state index is -1.37. The first kappa shape index (κ1) is 42.3. The fraction of sp³-hybridized carbons (Fsp3) is 0.271. The molecule has 12 nitrogen and oxygen atoms in total. The van der Waals surface area contributed by atoms with Gasteiger partial charge in [-0.15, -0.1) is 11.3 Å². The first-order valence-electron chi connectivity index (χ1n) is 20.8. The summed E-state index contributed by atoms with van der Waals surface area (Å²) in [6.45, 7) is 8.72. The number of carboxylic acid groups (broad SMARTS) is 1. The van der Waals surface area contributed by atoms with Crippen molar-refractivity contribution in [3.8, 4) is 50.3 Å². The van der Waals surface area contributed by atoms with E-state index in [1.54, 1.807) is 31.5 Å². The molecule has 2 N–H and O–H groups in total. The number of carboxylic acids is 1. The summed E-state index contributed by atoms with van der Waals surface area (Å²) >= 11 is 8.76. The predicted molar refractivity (Wildman–Crippen MR) is 242 cm³/mol. The zero-order valence-electron chi connectivity index (χ0n) is 34.8. The molecule has 1 saturated heterocycles. The normalized spacial score (nSPS) is 15.9. The third-order valence-corrected chi connectivity index (χ3v) is 13.2. The number of hydrogen-bond acceptors (Lipinski definition) is 12. The summed E-state index contributed by atoms with van der Waals surface area (Å²) in [4.78, 5) is 38.0. The van der Waals surface area contributed by atoms with Crippen molar-refractivity contribution < 1.29 is 28.5 Å². The molecule has 0 amide bonds. The van der Waals surface area contributed by atoms with Crippen molar-refractivity contribution in [3.63, 3.8) is 0 Å². The molecule has 4 aromatic carbocycles. The van der Waals surface area contributed by atoms with E-state index in [1.165, 1.54) is 29.8 Å². The molecule has 6 heterocycles. The molecular formula is C48H45ClFN7O5S. The molecule has 0 saturated carbocycles. The number of piperazine rings is 1. The maximum atomic E-state index is 14.3. The Morgan fingerprint density at radius 3 is 2.56 bits per heavy atom. The number of methoxy groups -OCH3 is 1. The van der Waals surface area contributed by atoms with Gasteiger partial charge in [0, 0.05) is 80.4 Å². The molecule has 0 spiro atoms. The number of aliphatic carboxylic acids is 1. The van der Waals surface area contributed by atoms with E-state index >= 15 is 0 Å². The van der Waals surface area contributed by atoms with Crippen molar-refractivity contribution in [2.75, 3.05) is 46.4 Å². The van der Waals surface area contributed by atoms with E-state index in [0.29, 0.717) is 56.9 Å². The predicted octanol–water partition coefficient (Wildman–Crippen LogP) is 8.47. The van der Waals surface area contributed by atoms with Crippen LogP contribution in [0.5, 0.6) is 17.4 Å². The van der Waals surface area contributed by atoms with E-state index in [-0.39, 0.29) is 24.7 Å². The molecule has 1 unspecified atom stereocenters. The van der Waals surface area contributed by atoms with E-state index in [9.17, 15) is 14.3 Å². The highest BCUT2D eigenvalue weighted by molar-refractivity contribution is 7.22. The maximum absolute atomic E-state index is 14.3. The van der Waals surface area contributed by atoms with Crippen LogP contribution in [0.1, 0.15) is 27.9 Å². The summed E-state index contributed by atoms with van der Waals surface area (Å²) < 4.78 is 32.8. The highest BCUT2D eigenvalue weighted by Gasteiger charge is 2.29. The van der Waals surface area contributed by atoms with Gasteiger partial charge in [-0.1, -0.05) is 60.1 Å². The molecule has 3 aromatic heterocycles. The smallest absolute Gasteiger partial charge is 0.345 e. The Hall–Kier alpha value is -6.03. The Morgan fingerprint density at radius 1 is 0.937 bits per heavy atom. The lowest BCUT2D eigenvalue weighted by atomic mass is 9.94. The van der Waals surface area contributed by atoms with Crippen molar-refractivity contribution in [1.29, 1.82) is 0 Å². The van der Waals surface area contributed by atoms with Gasteiger partial charge in [-0.05, 0) is 76.7 Å². The van der Waals surface area contributed by atoms with Crippen LogP contribution in [-0.4, -0.2) is 93.3 Å². The van der Waals surface area contributed by atoms with Gasteiger partial charge in [0.25, 0.3) is 0 Å². The zero-order chi connectivity index (χ0) is 43.5. The van der Waals surface area contributed by atoms with E-state index < -0.39 is 12.1 Å². The van der Waals surface area contributed by atoms with Gasteiger partial charge in [0.05, 0.1) is 23.8 Å². The number of nitrogens with zero attached hydrogens (tertiary/aromatic N) is 6. The lowest BCUT2D eigenvalue weighted by Gasteiger charge is -2.31. The minimum absolute atomic E-state index is 0.0378. The van der Waals surface area contributed by atoms with E-state index in [4.69, 9.17) is 30.8 Å². The molecule has 0 radical (unpaired) electrons. The molecule has 7 aromatic rings. The summed E-state index contributed by atoms with van der Waals surface area (Å²) in [5.74, 6) is 0.222. The van der Waals surface area contributed by atoms with Crippen molar-refractivity contribution in [2.45, 2.75) is 39.1 Å². The van der Waals surface area contributed by atoms with Gasteiger partial charge in [0.15, 0.2) is 5.82 Å². The molecule has 0 aliphatic carbocycles.